The molecule has 0 saturated carbocycles. The fraction of sp³-hybridized carbons (Fsp3) is 0.0526. The smallest absolute Gasteiger partial charge is 0.341 e. The van der Waals surface area contributed by atoms with Gasteiger partial charge in [0.25, 0.3) is 0 Å². The van der Waals surface area contributed by atoms with Crippen molar-refractivity contribution in [1.82, 2.24) is 15.2 Å². The number of methoxy groups -OCH3 is 1. The normalized spacial score (nSPS) is 10.8. The Morgan fingerprint density at radius 3 is 2.67 bits per heavy atom. The number of thiocarbonyl (C=S) groups is 1. The van der Waals surface area contributed by atoms with Gasteiger partial charge in [0.1, 0.15) is 22.8 Å². The van der Waals surface area contributed by atoms with Crippen LogP contribution in [-0.4, -0.2) is 34.2 Å². The number of benzene rings is 2. The Bertz CT molecular complexity index is 1120. The Kier molecular flexibility index (Phi) is 6.70. The van der Waals surface area contributed by atoms with Gasteiger partial charge >= 0.3 is 5.97 Å². The van der Waals surface area contributed by atoms with Crippen molar-refractivity contribution in [2.24, 2.45) is 5.10 Å². The van der Waals surface area contributed by atoms with E-state index in [0.717, 1.165) is 10.7 Å². The molecule has 0 amide bonds. The van der Waals surface area contributed by atoms with Crippen molar-refractivity contribution in [1.29, 1.82) is 0 Å². The number of aromatic nitrogens is 2. The summed E-state index contributed by atoms with van der Waals surface area (Å²) in [6.07, 6.45) is 2.41. The molecule has 0 fully saturated rings. The third-order valence-corrected chi connectivity index (χ3v) is 4.25. The van der Waals surface area contributed by atoms with Crippen LogP contribution in [0.3, 0.4) is 0 Å². The third-order valence-electron chi connectivity index (χ3n) is 3.80. The lowest BCUT2D eigenvalue weighted by molar-refractivity contribution is 0.0600. The fourth-order valence-electron chi connectivity index (χ4n) is 2.44. The number of nitrogens with zero attached hydrogens (tertiary/aromatic N) is 3. The van der Waals surface area contributed by atoms with Crippen LogP contribution in [0.2, 0.25) is 5.02 Å². The number of halogens is 3. The summed E-state index contributed by atoms with van der Waals surface area (Å²) in [5, 5.41) is 11.6. The number of hydrogen-bond acceptors (Lipinski definition) is 5. The summed E-state index contributed by atoms with van der Waals surface area (Å²) in [7, 11) is 1.20. The number of hydrazone groups is 1. The van der Waals surface area contributed by atoms with Gasteiger partial charge < -0.3 is 10.1 Å². The Morgan fingerprint density at radius 1 is 1.27 bits per heavy atom. The first kappa shape index (κ1) is 21.3. The van der Waals surface area contributed by atoms with E-state index in [4.69, 9.17) is 28.6 Å². The van der Waals surface area contributed by atoms with E-state index in [1.54, 1.807) is 24.3 Å². The minimum absolute atomic E-state index is 0.0309. The molecular formula is C19H14ClF2N5O2S. The number of anilines is 1. The van der Waals surface area contributed by atoms with Gasteiger partial charge in [-0.15, -0.1) is 0 Å². The van der Waals surface area contributed by atoms with E-state index in [1.807, 2.05) is 0 Å². The van der Waals surface area contributed by atoms with Crippen LogP contribution in [-0.2, 0) is 4.74 Å². The van der Waals surface area contributed by atoms with Crippen molar-refractivity contribution < 1.29 is 18.3 Å². The van der Waals surface area contributed by atoms with Gasteiger partial charge in [0.15, 0.2) is 10.9 Å². The molecule has 30 heavy (non-hydrogen) atoms. The molecule has 7 nitrogen and oxygen atoms in total. The Balaban J connectivity index is 1.84. The second-order valence-corrected chi connectivity index (χ2v) is 6.62. The molecule has 0 aliphatic heterocycles. The fourth-order valence-corrected chi connectivity index (χ4v) is 2.74. The van der Waals surface area contributed by atoms with E-state index in [9.17, 15) is 13.6 Å². The first-order chi connectivity index (χ1) is 14.4. The van der Waals surface area contributed by atoms with Crippen molar-refractivity contribution in [2.75, 3.05) is 12.4 Å². The number of carbonyl (C=O) groups excluding carboxylic acids is 1. The third kappa shape index (κ3) is 4.97. The van der Waals surface area contributed by atoms with Crippen LogP contribution in [0.5, 0.6) is 0 Å². The molecule has 0 aliphatic rings. The number of ether oxygens (including phenoxy) is 1. The first-order valence-corrected chi connectivity index (χ1v) is 9.15. The van der Waals surface area contributed by atoms with Crippen LogP contribution in [0, 0.1) is 11.6 Å². The summed E-state index contributed by atoms with van der Waals surface area (Å²) in [4.78, 5) is 12.0. The highest BCUT2D eigenvalue weighted by Gasteiger charge is 2.19. The molecule has 0 radical (unpaired) electrons. The molecule has 2 aromatic carbocycles. The van der Waals surface area contributed by atoms with Gasteiger partial charge in [0.05, 0.1) is 19.5 Å². The largest absolute Gasteiger partial charge is 0.465 e. The monoisotopic (exact) mass is 449 g/mol. The predicted molar refractivity (Wildman–Crippen MR) is 113 cm³/mol. The Labute approximate surface area is 180 Å². The quantitative estimate of drug-likeness (QED) is 0.266. The molecule has 0 bridgehead atoms. The zero-order valence-corrected chi connectivity index (χ0v) is 17.0. The molecule has 3 rings (SSSR count). The van der Waals surface area contributed by atoms with Gasteiger partial charge in [-0.25, -0.2) is 18.3 Å². The van der Waals surface area contributed by atoms with E-state index in [0.29, 0.717) is 16.8 Å². The van der Waals surface area contributed by atoms with E-state index in [2.05, 4.69) is 20.9 Å². The molecule has 0 aliphatic carbocycles. The molecule has 3 aromatic rings. The van der Waals surface area contributed by atoms with Gasteiger partial charge in [-0.2, -0.15) is 10.2 Å². The molecule has 0 spiro atoms. The SMILES string of the molecule is COC(=O)c1cnn(-c2ccc(F)cc2F)c1/C=N/NC(=S)Nc1ccc(Cl)cc1. The highest BCUT2D eigenvalue weighted by Crippen LogP contribution is 2.18. The van der Waals surface area contributed by atoms with Crippen molar-refractivity contribution in [3.8, 4) is 5.69 Å². The van der Waals surface area contributed by atoms with Crippen LogP contribution < -0.4 is 10.7 Å². The summed E-state index contributed by atoms with van der Waals surface area (Å²) in [6.45, 7) is 0. The molecule has 1 aromatic heterocycles. The molecule has 0 unspecified atom stereocenters. The van der Waals surface area contributed by atoms with Crippen molar-refractivity contribution in [3.63, 3.8) is 0 Å². The van der Waals surface area contributed by atoms with E-state index in [-0.39, 0.29) is 22.1 Å². The van der Waals surface area contributed by atoms with Crippen LogP contribution >= 0.6 is 23.8 Å². The maximum absolute atomic E-state index is 14.2. The number of carbonyl (C=O) groups is 1. The van der Waals surface area contributed by atoms with Crippen LogP contribution in [0.4, 0.5) is 14.5 Å². The maximum atomic E-state index is 14.2. The van der Waals surface area contributed by atoms with Crippen molar-refractivity contribution in [2.45, 2.75) is 0 Å². The van der Waals surface area contributed by atoms with Crippen LogP contribution in [0.1, 0.15) is 16.1 Å². The molecule has 1 heterocycles. The number of nitrogens with one attached hydrogen (secondary N) is 2. The summed E-state index contributed by atoms with van der Waals surface area (Å²) in [5.41, 5.74) is 3.32. The Hall–Kier alpha value is -3.37. The van der Waals surface area contributed by atoms with Crippen molar-refractivity contribution >= 4 is 46.8 Å². The lowest BCUT2D eigenvalue weighted by Gasteiger charge is -2.08. The standard InChI is InChI=1S/C19H14ClF2N5O2S/c1-29-18(28)14-9-24-27(16-7-4-12(21)8-15(16)22)17(14)10-23-26-19(30)25-13-5-2-11(20)3-6-13/h2-10H,1H3,(H2,25,26,30)/b23-10+. The van der Waals surface area contributed by atoms with Crippen molar-refractivity contribution in [3.05, 3.63) is 76.6 Å². The summed E-state index contributed by atoms with van der Waals surface area (Å²) >= 11 is 11.0. The molecule has 0 saturated heterocycles. The summed E-state index contributed by atoms with van der Waals surface area (Å²) < 4.78 is 33.3. The lowest BCUT2D eigenvalue weighted by Crippen LogP contribution is -2.24. The van der Waals surface area contributed by atoms with Gasteiger partial charge in [-0.05, 0) is 48.6 Å². The first-order valence-electron chi connectivity index (χ1n) is 8.36. The number of hydrogen-bond donors (Lipinski definition) is 2. The Morgan fingerprint density at radius 2 is 2.00 bits per heavy atom. The second-order valence-electron chi connectivity index (χ2n) is 5.77. The molecule has 154 valence electrons. The highest BCUT2D eigenvalue weighted by molar-refractivity contribution is 7.80. The minimum atomic E-state index is -0.864. The molecule has 11 heteroatoms. The highest BCUT2D eigenvalue weighted by atomic mass is 35.5. The zero-order chi connectivity index (χ0) is 21.7. The van der Waals surface area contributed by atoms with Gasteiger partial charge in [0, 0.05) is 16.8 Å². The van der Waals surface area contributed by atoms with Crippen LogP contribution in [0.25, 0.3) is 5.69 Å². The zero-order valence-electron chi connectivity index (χ0n) is 15.4. The summed E-state index contributed by atoms with van der Waals surface area (Å²) in [6, 6.07) is 9.80. The van der Waals surface area contributed by atoms with Gasteiger partial charge in [-0.1, -0.05) is 11.6 Å². The van der Waals surface area contributed by atoms with Gasteiger partial charge in [0.2, 0.25) is 0 Å². The van der Waals surface area contributed by atoms with E-state index >= 15 is 0 Å². The summed E-state index contributed by atoms with van der Waals surface area (Å²) in [5.74, 6) is -2.31. The molecular weight excluding hydrogens is 436 g/mol. The average Bonchev–Trinajstić information content (AvgIpc) is 3.12. The average molecular weight is 450 g/mol. The van der Waals surface area contributed by atoms with E-state index < -0.39 is 17.6 Å². The topological polar surface area (TPSA) is 80.5 Å². The second kappa shape index (κ2) is 9.42. The minimum Gasteiger partial charge on any atom is -0.465 e. The van der Waals surface area contributed by atoms with Gasteiger partial charge in [-0.3, -0.25) is 5.43 Å². The number of esters is 1. The molecule has 2 N–H and O–H groups in total. The lowest BCUT2D eigenvalue weighted by atomic mass is 10.2. The van der Waals surface area contributed by atoms with E-state index in [1.165, 1.54) is 25.6 Å². The maximum Gasteiger partial charge on any atom is 0.341 e. The molecule has 0 atom stereocenters. The van der Waals surface area contributed by atoms with Crippen LogP contribution in [0.15, 0.2) is 53.8 Å². The number of rotatable bonds is 5. The predicted octanol–water partition coefficient (Wildman–Crippen LogP) is 3.91.